The number of carbonyl (C=O) groups is 1. The van der Waals surface area contributed by atoms with Crippen molar-refractivity contribution in [3.05, 3.63) is 29.8 Å². The van der Waals surface area contributed by atoms with Crippen molar-refractivity contribution >= 4 is 11.5 Å². The maximum Gasteiger partial charge on any atom is 0.153 e. The monoisotopic (exact) mass is 175 g/mol. The molecule has 1 saturated heterocycles. The molecule has 0 unspecified atom stereocenters. The highest BCUT2D eigenvalue weighted by molar-refractivity contribution is 5.87. The summed E-state index contributed by atoms with van der Waals surface area (Å²) in [5, 5.41) is 0. The average Bonchev–Trinajstić information content (AvgIpc) is 2.53. The van der Waals surface area contributed by atoms with E-state index < -0.39 is 0 Å². The van der Waals surface area contributed by atoms with Gasteiger partial charge in [-0.15, -0.1) is 0 Å². The molecular formula is C11H13NO. The van der Waals surface area contributed by atoms with Gasteiger partial charge < -0.3 is 4.90 Å². The van der Waals surface area contributed by atoms with Crippen molar-refractivity contribution in [3.63, 3.8) is 0 Å². The smallest absolute Gasteiger partial charge is 0.153 e. The lowest BCUT2D eigenvalue weighted by Gasteiger charge is -2.16. The van der Waals surface area contributed by atoms with Crippen molar-refractivity contribution in [1.82, 2.24) is 0 Å². The molecule has 0 aliphatic carbocycles. The number of nitrogens with zero attached hydrogens (tertiary/aromatic N) is 1. The molecule has 2 nitrogen and oxygen atoms in total. The molecule has 1 aliphatic rings. The topological polar surface area (TPSA) is 20.3 Å². The maximum absolute atomic E-state index is 11.1. The zero-order valence-electron chi connectivity index (χ0n) is 7.79. The van der Waals surface area contributed by atoms with Crippen LogP contribution in [0.2, 0.25) is 0 Å². The summed E-state index contributed by atoms with van der Waals surface area (Å²) in [4.78, 5) is 13.2. The Labute approximate surface area is 78.2 Å². The summed E-state index contributed by atoms with van der Waals surface area (Å²) < 4.78 is 0. The first-order valence-corrected chi connectivity index (χ1v) is 4.59. The lowest BCUT2D eigenvalue weighted by molar-refractivity contribution is -0.116. The summed E-state index contributed by atoms with van der Waals surface area (Å²) in [5.74, 6) is 0.348. The highest BCUT2D eigenvalue weighted by atomic mass is 16.1. The number of carbonyl (C=O) groups excluding carboxylic acids is 1. The number of Topliss-reactive ketones (excluding diaryl/α,β-unsaturated/α-hetero) is 1. The van der Waals surface area contributed by atoms with E-state index in [4.69, 9.17) is 0 Å². The Morgan fingerprint density at radius 3 is 2.46 bits per heavy atom. The largest absolute Gasteiger partial charge is 0.364 e. The van der Waals surface area contributed by atoms with E-state index in [1.165, 1.54) is 5.56 Å². The zero-order valence-corrected chi connectivity index (χ0v) is 7.79. The quantitative estimate of drug-likeness (QED) is 0.648. The molecular weight excluding hydrogens is 162 g/mol. The fraction of sp³-hybridized carbons (Fsp3) is 0.364. The Hall–Kier alpha value is -1.31. The number of hydrogen-bond acceptors (Lipinski definition) is 2. The lowest BCUT2D eigenvalue weighted by Crippen LogP contribution is -2.19. The van der Waals surface area contributed by atoms with E-state index in [0.29, 0.717) is 18.7 Å². The predicted molar refractivity (Wildman–Crippen MR) is 53.0 cm³/mol. The van der Waals surface area contributed by atoms with Crippen LogP contribution in [0.5, 0.6) is 0 Å². The SMILES string of the molecule is Cc1ccc(N2CCC(=O)C2)cc1. The minimum absolute atomic E-state index is 0.348. The van der Waals surface area contributed by atoms with Gasteiger partial charge in [0.05, 0.1) is 6.54 Å². The van der Waals surface area contributed by atoms with Gasteiger partial charge in [-0.3, -0.25) is 4.79 Å². The van der Waals surface area contributed by atoms with Crippen molar-refractivity contribution in [1.29, 1.82) is 0 Å². The third-order valence-corrected chi connectivity index (χ3v) is 2.43. The van der Waals surface area contributed by atoms with Crippen LogP contribution in [0.4, 0.5) is 5.69 Å². The molecule has 0 bridgehead atoms. The number of hydrogen-bond donors (Lipinski definition) is 0. The van der Waals surface area contributed by atoms with Gasteiger partial charge in [-0.25, -0.2) is 0 Å². The molecule has 1 aromatic rings. The summed E-state index contributed by atoms with van der Waals surface area (Å²) in [5.41, 5.74) is 2.42. The van der Waals surface area contributed by atoms with Crippen LogP contribution >= 0.6 is 0 Å². The average molecular weight is 175 g/mol. The molecule has 0 atom stereocenters. The second kappa shape index (κ2) is 3.21. The highest BCUT2D eigenvalue weighted by Crippen LogP contribution is 2.18. The number of rotatable bonds is 1. The second-order valence-corrected chi connectivity index (χ2v) is 3.55. The fourth-order valence-electron chi connectivity index (χ4n) is 1.61. The summed E-state index contributed by atoms with van der Waals surface area (Å²) in [6, 6.07) is 8.32. The third-order valence-electron chi connectivity index (χ3n) is 2.43. The van der Waals surface area contributed by atoms with Crippen molar-refractivity contribution in [2.75, 3.05) is 18.0 Å². The molecule has 1 aliphatic heterocycles. The van der Waals surface area contributed by atoms with Crippen molar-refractivity contribution < 1.29 is 4.79 Å². The summed E-state index contributed by atoms with van der Waals surface area (Å²) in [6.07, 6.45) is 0.702. The van der Waals surface area contributed by atoms with Crippen LogP contribution in [0.25, 0.3) is 0 Å². The van der Waals surface area contributed by atoms with E-state index in [2.05, 4.69) is 36.1 Å². The maximum atomic E-state index is 11.1. The molecule has 68 valence electrons. The van der Waals surface area contributed by atoms with E-state index in [1.54, 1.807) is 0 Å². The molecule has 0 amide bonds. The van der Waals surface area contributed by atoms with Gasteiger partial charge in [0.2, 0.25) is 0 Å². The molecule has 1 aromatic carbocycles. The van der Waals surface area contributed by atoms with Crippen LogP contribution in [0.3, 0.4) is 0 Å². The molecule has 0 saturated carbocycles. The van der Waals surface area contributed by atoms with Crippen LogP contribution in [0, 0.1) is 6.92 Å². The van der Waals surface area contributed by atoms with E-state index >= 15 is 0 Å². The van der Waals surface area contributed by atoms with Gasteiger partial charge in [0.15, 0.2) is 5.78 Å². The van der Waals surface area contributed by atoms with Crippen LogP contribution < -0.4 is 4.90 Å². The molecule has 1 heterocycles. The first-order chi connectivity index (χ1) is 6.25. The predicted octanol–water partition coefficient (Wildman–Crippen LogP) is 1.77. The van der Waals surface area contributed by atoms with E-state index in [0.717, 1.165) is 12.2 Å². The Morgan fingerprint density at radius 2 is 1.92 bits per heavy atom. The van der Waals surface area contributed by atoms with Gasteiger partial charge in [-0.2, -0.15) is 0 Å². The van der Waals surface area contributed by atoms with Gasteiger partial charge in [0.1, 0.15) is 0 Å². The Morgan fingerprint density at radius 1 is 1.23 bits per heavy atom. The van der Waals surface area contributed by atoms with Gasteiger partial charge in [-0.05, 0) is 19.1 Å². The Kier molecular flexibility index (Phi) is 2.05. The fourth-order valence-corrected chi connectivity index (χ4v) is 1.61. The number of aryl methyl sites for hydroxylation is 1. The second-order valence-electron chi connectivity index (χ2n) is 3.55. The first-order valence-electron chi connectivity index (χ1n) is 4.59. The van der Waals surface area contributed by atoms with E-state index in [-0.39, 0.29) is 0 Å². The third kappa shape index (κ3) is 1.72. The minimum atomic E-state index is 0.348. The van der Waals surface area contributed by atoms with E-state index in [1.807, 2.05) is 0 Å². The Balaban J connectivity index is 2.17. The van der Waals surface area contributed by atoms with Crippen LogP contribution in [-0.2, 0) is 4.79 Å². The van der Waals surface area contributed by atoms with Gasteiger partial charge >= 0.3 is 0 Å². The Bertz CT molecular complexity index is 315. The number of benzene rings is 1. The van der Waals surface area contributed by atoms with Crippen molar-refractivity contribution in [3.8, 4) is 0 Å². The molecule has 2 rings (SSSR count). The number of anilines is 1. The zero-order chi connectivity index (χ0) is 9.26. The van der Waals surface area contributed by atoms with Gasteiger partial charge in [0.25, 0.3) is 0 Å². The lowest BCUT2D eigenvalue weighted by atomic mass is 10.2. The van der Waals surface area contributed by atoms with Crippen LogP contribution in [0.15, 0.2) is 24.3 Å². The molecule has 13 heavy (non-hydrogen) atoms. The highest BCUT2D eigenvalue weighted by Gasteiger charge is 2.18. The molecule has 2 heteroatoms. The van der Waals surface area contributed by atoms with Crippen molar-refractivity contribution in [2.24, 2.45) is 0 Å². The standard InChI is InChI=1S/C11H13NO/c1-9-2-4-10(5-3-9)12-7-6-11(13)8-12/h2-5H,6-8H2,1H3. The van der Waals surface area contributed by atoms with Gasteiger partial charge in [-0.1, -0.05) is 17.7 Å². The molecule has 0 spiro atoms. The van der Waals surface area contributed by atoms with Gasteiger partial charge in [0, 0.05) is 18.7 Å². The summed E-state index contributed by atoms with van der Waals surface area (Å²) >= 11 is 0. The molecule has 0 aromatic heterocycles. The first kappa shape index (κ1) is 8.30. The number of ketones is 1. The van der Waals surface area contributed by atoms with Crippen LogP contribution in [0.1, 0.15) is 12.0 Å². The summed E-state index contributed by atoms with van der Waals surface area (Å²) in [7, 11) is 0. The molecule has 0 radical (unpaired) electrons. The minimum Gasteiger partial charge on any atom is -0.364 e. The van der Waals surface area contributed by atoms with E-state index in [9.17, 15) is 4.79 Å². The normalized spacial score (nSPS) is 16.7. The summed E-state index contributed by atoms with van der Waals surface area (Å²) in [6.45, 7) is 3.53. The van der Waals surface area contributed by atoms with Crippen molar-refractivity contribution in [2.45, 2.75) is 13.3 Å². The molecule has 1 fully saturated rings. The molecule has 0 N–H and O–H groups in total. The van der Waals surface area contributed by atoms with Crippen LogP contribution in [-0.4, -0.2) is 18.9 Å².